The molecule has 1 aromatic heterocycles. The molecule has 5 heteroatoms. The van der Waals surface area contributed by atoms with Crippen LogP contribution in [0.2, 0.25) is 5.02 Å². The fourth-order valence-electron chi connectivity index (χ4n) is 4.11. The molecule has 0 aliphatic heterocycles. The van der Waals surface area contributed by atoms with Gasteiger partial charge in [-0.2, -0.15) is 0 Å². The summed E-state index contributed by atoms with van der Waals surface area (Å²) in [4.78, 5) is 21.6. The lowest BCUT2D eigenvalue weighted by atomic mass is 9.85. The number of benzene rings is 3. The molecule has 0 saturated heterocycles. The summed E-state index contributed by atoms with van der Waals surface area (Å²) in [7, 11) is 0. The molecule has 0 unspecified atom stereocenters. The summed E-state index contributed by atoms with van der Waals surface area (Å²) < 4.78 is 6.30. The summed E-state index contributed by atoms with van der Waals surface area (Å²) in [6, 6.07) is 17.8. The van der Waals surface area contributed by atoms with Crippen molar-refractivity contribution in [1.29, 1.82) is 0 Å². The van der Waals surface area contributed by atoms with Gasteiger partial charge >= 0.3 is 0 Å². The zero-order valence-corrected chi connectivity index (χ0v) is 20.3. The third kappa shape index (κ3) is 4.97. The van der Waals surface area contributed by atoms with Gasteiger partial charge in [0.1, 0.15) is 6.10 Å². The van der Waals surface area contributed by atoms with Gasteiger partial charge in [-0.05, 0) is 91.9 Å². The van der Waals surface area contributed by atoms with E-state index in [4.69, 9.17) is 16.3 Å². The number of fused-ring (bicyclic) bond motifs is 1. The van der Waals surface area contributed by atoms with Gasteiger partial charge in [-0.3, -0.25) is 4.79 Å². The molecule has 1 atom stereocenters. The van der Waals surface area contributed by atoms with E-state index in [1.54, 1.807) is 25.4 Å². The van der Waals surface area contributed by atoms with Crippen LogP contribution < -0.4 is 0 Å². The summed E-state index contributed by atoms with van der Waals surface area (Å²) in [5.41, 5.74) is 4.29. The van der Waals surface area contributed by atoms with Crippen LogP contribution in [-0.4, -0.2) is 21.4 Å². The minimum absolute atomic E-state index is 0.0307. The van der Waals surface area contributed by atoms with Gasteiger partial charge < -0.3 is 4.74 Å². The molecular formula is C28H27ClN2O2. The second-order valence-corrected chi connectivity index (χ2v) is 9.65. The minimum Gasteiger partial charge on any atom is -0.360 e. The van der Waals surface area contributed by atoms with E-state index < -0.39 is 11.7 Å². The Morgan fingerprint density at radius 1 is 0.970 bits per heavy atom. The first-order valence-corrected chi connectivity index (χ1v) is 11.3. The molecule has 0 fully saturated rings. The molecule has 33 heavy (non-hydrogen) atoms. The lowest BCUT2D eigenvalue weighted by molar-refractivity contribution is -0.138. The number of carbonyl (C=O) groups excluding carboxylic acids is 1. The summed E-state index contributed by atoms with van der Waals surface area (Å²) in [5, 5.41) is 2.74. The van der Waals surface area contributed by atoms with Crippen molar-refractivity contribution >= 4 is 28.2 Å². The maximum atomic E-state index is 12.8. The fraction of sp³-hybridized carbons (Fsp3) is 0.250. The summed E-state index contributed by atoms with van der Waals surface area (Å²) in [6.45, 7) is 9.51. The molecule has 0 N–H and O–H groups in total. The molecule has 0 radical (unpaired) electrons. The van der Waals surface area contributed by atoms with Crippen LogP contribution in [0.25, 0.3) is 33.3 Å². The number of hydrogen-bond acceptors (Lipinski definition) is 4. The van der Waals surface area contributed by atoms with Crippen molar-refractivity contribution in [2.45, 2.75) is 46.3 Å². The van der Waals surface area contributed by atoms with E-state index in [1.165, 1.54) is 0 Å². The van der Waals surface area contributed by atoms with Gasteiger partial charge in [0.15, 0.2) is 11.6 Å². The Morgan fingerprint density at radius 3 is 2.21 bits per heavy atom. The third-order valence-electron chi connectivity index (χ3n) is 5.45. The molecule has 0 aliphatic rings. The Labute approximate surface area is 199 Å². The van der Waals surface area contributed by atoms with E-state index >= 15 is 0 Å². The number of rotatable bonds is 5. The van der Waals surface area contributed by atoms with E-state index in [2.05, 4.69) is 28.2 Å². The van der Waals surface area contributed by atoms with Crippen molar-refractivity contribution in [3.8, 4) is 22.5 Å². The van der Waals surface area contributed by atoms with Gasteiger partial charge in [0.05, 0.1) is 5.60 Å². The zero-order valence-electron chi connectivity index (χ0n) is 19.5. The Balaban J connectivity index is 2.02. The highest BCUT2D eigenvalue weighted by atomic mass is 35.5. The van der Waals surface area contributed by atoms with Gasteiger partial charge in [-0.1, -0.05) is 41.9 Å². The highest BCUT2D eigenvalue weighted by Crippen LogP contribution is 2.41. The van der Waals surface area contributed by atoms with Crippen LogP contribution in [0.3, 0.4) is 0 Å². The highest BCUT2D eigenvalue weighted by molar-refractivity contribution is 6.30. The average Bonchev–Trinajstić information content (AvgIpc) is 2.77. The first kappa shape index (κ1) is 23.1. The molecule has 4 rings (SSSR count). The van der Waals surface area contributed by atoms with Crippen molar-refractivity contribution in [2.24, 2.45) is 0 Å². The predicted molar refractivity (Wildman–Crippen MR) is 134 cm³/mol. The molecule has 4 aromatic rings. The molecule has 0 spiro atoms. The van der Waals surface area contributed by atoms with Crippen LogP contribution in [-0.2, 0) is 9.53 Å². The summed E-state index contributed by atoms with van der Waals surface area (Å²) in [6.07, 6.45) is 2.79. The minimum atomic E-state index is -0.683. The van der Waals surface area contributed by atoms with Gasteiger partial charge in [-0.25, -0.2) is 9.97 Å². The molecule has 0 amide bonds. The number of aromatic nitrogens is 2. The summed E-state index contributed by atoms with van der Waals surface area (Å²) in [5.74, 6) is 0.642. The largest absolute Gasteiger partial charge is 0.360 e. The molecular weight excluding hydrogens is 432 g/mol. The molecule has 4 nitrogen and oxygen atoms in total. The number of nitrogens with zero attached hydrogens (tertiary/aromatic N) is 2. The van der Waals surface area contributed by atoms with Crippen LogP contribution in [0.15, 0.2) is 67.0 Å². The number of ether oxygens (including phenoxy) is 1. The van der Waals surface area contributed by atoms with E-state index in [-0.39, 0.29) is 5.78 Å². The number of hydrogen-bond donors (Lipinski definition) is 0. The maximum Gasteiger partial charge on any atom is 0.163 e. The molecule has 168 valence electrons. The van der Waals surface area contributed by atoms with Crippen LogP contribution in [0.4, 0.5) is 0 Å². The number of ketones is 1. The second kappa shape index (κ2) is 9.05. The van der Waals surface area contributed by atoms with Crippen LogP contribution in [0.5, 0.6) is 0 Å². The molecule has 0 saturated carbocycles. The fourth-order valence-corrected chi connectivity index (χ4v) is 4.24. The number of aryl methyl sites for hydroxylation is 1. The molecule has 3 aromatic carbocycles. The first-order valence-electron chi connectivity index (χ1n) is 10.9. The van der Waals surface area contributed by atoms with Crippen molar-refractivity contribution in [3.63, 3.8) is 0 Å². The Bertz CT molecular complexity index is 1310. The van der Waals surface area contributed by atoms with Crippen LogP contribution in [0, 0.1) is 6.92 Å². The lowest BCUT2D eigenvalue weighted by Crippen LogP contribution is -2.27. The molecule has 1 heterocycles. The second-order valence-electron chi connectivity index (χ2n) is 9.22. The zero-order chi connectivity index (χ0) is 23.8. The monoisotopic (exact) mass is 458 g/mol. The quantitative estimate of drug-likeness (QED) is 0.313. The topological polar surface area (TPSA) is 52.1 Å². The number of Topliss-reactive ketones (excluding diaryl/α,β-unsaturated/α-hetero) is 1. The van der Waals surface area contributed by atoms with Gasteiger partial charge in [0.2, 0.25) is 0 Å². The smallest absolute Gasteiger partial charge is 0.163 e. The van der Waals surface area contributed by atoms with Gasteiger partial charge in [0, 0.05) is 23.0 Å². The van der Waals surface area contributed by atoms with E-state index in [0.29, 0.717) is 10.8 Å². The Morgan fingerprint density at radius 2 is 1.61 bits per heavy atom. The van der Waals surface area contributed by atoms with Crippen molar-refractivity contribution in [1.82, 2.24) is 9.97 Å². The van der Waals surface area contributed by atoms with Crippen LogP contribution >= 0.6 is 11.6 Å². The Hall–Kier alpha value is -3.08. The summed E-state index contributed by atoms with van der Waals surface area (Å²) >= 11 is 6.18. The first-order chi connectivity index (χ1) is 15.6. The van der Waals surface area contributed by atoms with E-state index in [1.807, 2.05) is 58.0 Å². The highest BCUT2D eigenvalue weighted by Gasteiger charge is 2.29. The van der Waals surface area contributed by atoms with E-state index in [9.17, 15) is 4.79 Å². The van der Waals surface area contributed by atoms with Gasteiger partial charge in [0.25, 0.3) is 0 Å². The third-order valence-corrected chi connectivity index (χ3v) is 5.70. The predicted octanol–water partition coefficient (Wildman–Crippen LogP) is 7.37. The lowest BCUT2D eigenvalue weighted by Gasteiger charge is -2.29. The maximum absolute atomic E-state index is 12.8. The average molecular weight is 459 g/mol. The SMILES string of the molecule is CC(=O)[C@@H](OC(C)(C)C)c1c(C)cc2cc(-c3ncccn3)ccc2c1-c1ccc(Cl)cc1. The van der Waals surface area contributed by atoms with Crippen molar-refractivity contribution < 1.29 is 9.53 Å². The van der Waals surface area contributed by atoms with E-state index in [0.717, 1.165) is 38.6 Å². The molecule has 0 bridgehead atoms. The van der Waals surface area contributed by atoms with Gasteiger partial charge in [-0.15, -0.1) is 0 Å². The van der Waals surface area contributed by atoms with Crippen molar-refractivity contribution in [2.75, 3.05) is 0 Å². The standard InChI is InChI=1S/C28H27ClN2O2/c1-17-15-21-16-20(27-30-13-6-14-31-27)9-12-23(21)25(19-7-10-22(29)11-8-19)24(17)26(18(2)32)33-28(3,4)5/h6-16,26H,1-5H3/t26-/m1/s1. The molecule has 0 aliphatic carbocycles. The number of halogens is 1. The Kier molecular flexibility index (Phi) is 6.33. The van der Waals surface area contributed by atoms with Crippen LogP contribution in [0.1, 0.15) is 44.9 Å². The number of carbonyl (C=O) groups is 1. The normalized spacial score (nSPS) is 12.7. The van der Waals surface area contributed by atoms with Crippen molar-refractivity contribution in [3.05, 3.63) is 83.1 Å².